The van der Waals surface area contributed by atoms with Crippen LogP contribution in [0.15, 0.2) is 24.0 Å². The average molecular weight is 267 g/mol. The summed E-state index contributed by atoms with van der Waals surface area (Å²) in [6, 6.07) is 0. The molecule has 0 aromatic carbocycles. The van der Waals surface area contributed by atoms with Gasteiger partial charge in [-0.1, -0.05) is 18.2 Å². The number of hydrogen-bond donors (Lipinski definition) is 2. The van der Waals surface area contributed by atoms with Crippen LogP contribution in [-0.2, 0) is 7.05 Å². The average Bonchev–Trinajstić information content (AvgIpc) is 2.68. The highest BCUT2D eigenvalue weighted by Crippen LogP contribution is 2.25. The van der Waals surface area contributed by atoms with E-state index in [1.54, 1.807) is 17.9 Å². The maximum atomic E-state index is 11.2. The molecule has 0 aliphatic rings. The zero-order valence-electron chi connectivity index (χ0n) is 9.64. The molecule has 2 rings (SSSR count). The van der Waals surface area contributed by atoms with E-state index in [1.165, 1.54) is 6.20 Å². The number of pyridine rings is 1. The van der Waals surface area contributed by atoms with Crippen LogP contribution < -0.4 is 5.32 Å². The van der Waals surface area contributed by atoms with Crippen molar-refractivity contribution in [3.63, 3.8) is 0 Å². The number of nitrogens with zero attached hydrogens (tertiary/aromatic N) is 3. The molecule has 94 valence electrons. The van der Waals surface area contributed by atoms with Gasteiger partial charge in [0, 0.05) is 18.3 Å². The molecule has 0 fully saturated rings. The van der Waals surface area contributed by atoms with E-state index in [0.29, 0.717) is 21.8 Å². The molecule has 2 aromatic rings. The minimum Gasteiger partial charge on any atom is -0.478 e. The van der Waals surface area contributed by atoms with Crippen LogP contribution in [0.25, 0.3) is 11.0 Å². The van der Waals surface area contributed by atoms with Crippen LogP contribution in [0.3, 0.4) is 0 Å². The van der Waals surface area contributed by atoms with Crippen LogP contribution >= 0.6 is 11.6 Å². The van der Waals surface area contributed by atoms with E-state index < -0.39 is 5.97 Å². The molecule has 0 saturated heterocycles. The summed E-state index contributed by atoms with van der Waals surface area (Å²) >= 11 is 5.68. The van der Waals surface area contributed by atoms with Crippen molar-refractivity contribution in [2.75, 3.05) is 11.9 Å². The first-order valence-corrected chi connectivity index (χ1v) is 5.49. The number of carbonyl (C=O) groups is 1. The van der Waals surface area contributed by atoms with Crippen molar-refractivity contribution in [1.82, 2.24) is 14.8 Å². The third kappa shape index (κ3) is 2.14. The fourth-order valence-corrected chi connectivity index (χ4v) is 1.70. The third-order valence-corrected chi connectivity index (χ3v) is 2.58. The Morgan fingerprint density at radius 2 is 2.33 bits per heavy atom. The van der Waals surface area contributed by atoms with Gasteiger partial charge in [0.1, 0.15) is 5.56 Å². The molecule has 18 heavy (non-hydrogen) atoms. The molecule has 0 bridgehead atoms. The minimum atomic E-state index is -1.06. The van der Waals surface area contributed by atoms with Crippen molar-refractivity contribution < 1.29 is 9.90 Å². The number of carboxylic acid groups (broad SMARTS) is 1. The number of aromatic nitrogens is 3. The summed E-state index contributed by atoms with van der Waals surface area (Å²) in [7, 11) is 1.74. The predicted octanol–water partition coefficient (Wildman–Crippen LogP) is 1.83. The van der Waals surface area contributed by atoms with Crippen LogP contribution in [0, 0.1) is 0 Å². The van der Waals surface area contributed by atoms with Gasteiger partial charge in [-0.05, 0) is 0 Å². The Morgan fingerprint density at radius 1 is 1.61 bits per heavy atom. The Bertz CT molecular complexity index is 635. The summed E-state index contributed by atoms with van der Waals surface area (Å²) in [6.45, 7) is 3.82. The Kier molecular flexibility index (Phi) is 3.20. The zero-order chi connectivity index (χ0) is 13.3. The number of fused-ring (bicyclic) bond motifs is 1. The molecular formula is C11H11ClN4O2. The van der Waals surface area contributed by atoms with E-state index in [9.17, 15) is 4.79 Å². The van der Waals surface area contributed by atoms with Gasteiger partial charge in [0.25, 0.3) is 0 Å². The van der Waals surface area contributed by atoms with E-state index >= 15 is 0 Å². The van der Waals surface area contributed by atoms with E-state index in [0.717, 1.165) is 0 Å². The molecule has 0 spiro atoms. The maximum absolute atomic E-state index is 11.2. The molecule has 0 saturated carbocycles. The second-order valence-electron chi connectivity index (χ2n) is 3.73. The largest absolute Gasteiger partial charge is 0.478 e. The Morgan fingerprint density at radius 3 is 2.94 bits per heavy atom. The topological polar surface area (TPSA) is 80.0 Å². The van der Waals surface area contributed by atoms with Gasteiger partial charge < -0.3 is 10.4 Å². The third-order valence-electron chi connectivity index (χ3n) is 2.45. The molecule has 2 heterocycles. The van der Waals surface area contributed by atoms with Gasteiger partial charge in [-0.2, -0.15) is 5.10 Å². The fraction of sp³-hybridized carbons (Fsp3) is 0.182. The summed E-state index contributed by atoms with van der Waals surface area (Å²) < 4.78 is 1.57. The van der Waals surface area contributed by atoms with Crippen molar-refractivity contribution in [2.45, 2.75) is 0 Å². The smallest absolute Gasteiger partial charge is 0.339 e. The molecule has 0 atom stereocenters. The number of nitrogens with one attached hydrogen (secondary N) is 1. The van der Waals surface area contributed by atoms with E-state index in [-0.39, 0.29) is 12.1 Å². The number of carboxylic acids is 1. The summed E-state index contributed by atoms with van der Waals surface area (Å²) in [5.41, 5.74) is 1.12. The lowest BCUT2D eigenvalue weighted by Gasteiger charge is -2.09. The second kappa shape index (κ2) is 4.66. The summed E-state index contributed by atoms with van der Waals surface area (Å²) in [4.78, 5) is 15.2. The summed E-state index contributed by atoms with van der Waals surface area (Å²) in [5, 5.41) is 17.2. The summed E-state index contributed by atoms with van der Waals surface area (Å²) in [6.07, 6.45) is 2.86. The van der Waals surface area contributed by atoms with Crippen LogP contribution in [-0.4, -0.2) is 32.4 Å². The van der Waals surface area contributed by atoms with Gasteiger partial charge in [-0.25, -0.2) is 9.78 Å². The summed E-state index contributed by atoms with van der Waals surface area (Å²) in [5.74, 6) is -1.06. The number of halogens is 1. The van der Waals surface area contributed by atoms with Gasteiger partial charge in [-0.15, -0.1) is 0 Å². The first-order valence-electron chi connectivity index (χ1n) is 5.12. The number of hydrogen-bond acceptors (Lipinski definition) is 4. The molecule has 0 unspecified atom stereocenters. The van der Waals surface area contributed by atoms with E-state index in [4.69, 9.17) is 16.7 Å². The molecular weight excluding hydrogens is 256 g/mol. The van der Waals surface area contributed by atoms with Crippen molar-refractivity contribution >= 4 is 34.3 Å². The van der Waals surface area contributed by atoms with Crippen LogP contribution in [0.1, 0.15) is 10.4 Å². The van der Waals surface area contributed by atoms with Gasteiger partial charge in [0.05, 0.1) is 23.8 Å². The van der Waals surface area contributed by atoms with E-state index in [1.807, 2.05) is 0 Å². The van der Waals surface area contributed by atoms with E-state index in [2.05, 4.69) is 22.0 Å². The van der Waals surface area contributed by atoms with Gasteiger partial charge in [0.15, 0.2) is 5.65 Å². The molecule has 0 aliphatic heterocycles. The van der Waals surface area contributed by atoms with Crippen LogP contribution in [0.5, 0.6) is 0 Å². The first-order chi connectivity index (χ1) is 8.50. The second-order valence-corrected chi connectivity index (χ2v) is 4.26. The zero-order valence-corrected chi connectivity index (χ0v) is 10.4. The first kappa shape index (κ1) is 12.4. The molecule has 0 radical (unpaired) electrons. The maximum Gasteiger partial charge on any atom is 0.339 e. The van der Waals surface area contributed by atoms with Gasteiger partial charge in [-0.3, -0.25) is 4.68 Å². The van der Waals surface area contributed by atoms with Crippen molar-refractivity contribution in [3.8, 4) is 0 Å². The minimum absolute atomic E-state index is 0.0772. The number of rotatable bonds is 4. The lowest BCUT2D eigenvalue weighted by Crippen LogP contribution is -2.09. The van der Waals surface area contributed by atoms with Gasteiger partial charge in [0.2, 0.25) is 0 Å². The highest BCUT2D eigenvalue weighted by molar-refractivity contribution is 6.29. The SMILES string of the molecule is C=C(Cl)CNc1c(C(=O)O)cnc2c1cnn2C. The number of aromatic carboxylic acids is 1. The predicted molar refractivity (Wildman–Crippen MR) is 69.0 cm³/mol. The van der Waals surface area contributed by atoms with Crippen molar-refractivity contribution in [2.24, 2.45) is 7.05 Å². The van der Waals surface area contributed by atoms with Gasteiger partial charge >= 0.3 is 5.97 Å². The Balaban J connectivity index is 2.59. The van der Waals surface area contributed by atoms with Crippen molar-refractivity contribution in [1.29, 1.82) is 0 Å². The molecule has 6 nitrogen and oxygen atoms in total. The lowest BCUT2D eigenvalue weighted by molar-refractivity contribution is 0.0697. The quantitative estimate of drug-likeness (QED) is 0.882. The molecule has 2 aromatic heterocycles. The number of aryl methyl sites for hydroxylation is 1. The molecule has 0 amide bonds. The van der Waals surface area contributed by atoms with Crippen molar-refractivity contribution in [3.05, 3.63) is 29.6 Å². The fourth-order valence-electron chi connectivity index (χ4n) is 1.63. The molecule has 0 aliphatic carbocycles. The highest BCUT2D eigenvalue weighted by Gasteiger charge is 2.16. The molecule has 2 N–H and O–H groups in total. The number of anilines is 1. The van der Waals surface area contributed by atoms with Crippen LogP contribution in [0.4, 0.5) is 5.69 Å². The Hall–Kier alpha value is -2.08. The highest BCUT2D eigenvalue weighted by atomic mass is 35.5. The Labute approximate surface area is 108 Å². The lowest BCUT2D eigenvalue weighted by atomic mass is 10.2. The van der Waals surface area contributed by atoms with Crippen LogP contribution in [0.2, 0.25) is 0 Å². The standard InChI is InChI=1S/C11H11ClN4O2/c1-6(12)3-13-9-7-5-15-16(2)10(7)14-4-8(9)11(17)18/h4-5H,1,3H2,2H3,(H,13,14)(H,17,18). The molecule has 7 heteroatoms. The monoisotopic (exact) mass is 266 g/mol. The normalized spacial score (nSPS) is 10.6.